The number of rotatable bonds is 2. The third-order valence-electron chi connectivity index (χ3n) is 4.05. The minimum Gasteiger partial charge on any atom is -0.351 e. The van der Waals surface area contributed by atoms with E-state index >= 15 is 0 Å². The Bertz CT molecular complexity index is 599. The fourth-order valence-electron chi connectivity index (χ4n) is 2.97. The fraction of sp³-hybridized carbons (Fsp3) is 0.500. The largest absolute Gasteiger partial charge is 0.351 e. The summed E-state index contributed by atoms with van der Waals surface area (Å²) < 4.78 is 0. The molecule has 4 heteroatoms. The molecular weight excluding hydrogens is 314 g/mol. The second-order valence-corrected chi connectivity index (χ2v) is 6.12. The van der Waals surface area contributed by atoms with Crippen LogP contribution in [0.25, 0.3) is 11.0 Å². The maximum Gasteiger partial charge on any atom is 0.151 e. The summed E-state index contributed by atoms with van der Waals surface area (Å²) in [6.45, 7) is 3.16. The average Bonchev–Trinajstić information content (AvgIpc) is 2.71. The lowest BCUT2D eigenvalue weighted by Gasteiger charge is -2.30. The summed E-state index contributed by atoms with van der Waals surface area (Å²) in [5.41, 5.74) is 3.01. The zero-order chi connectivity index (χ0) is 13.9. The molecule has 1 atom stereocenters. The number of halogens is 1. The Kier molecular flexibility index (Phi) is 4.20. The molecule has 0 spiro atoms. The van der Waals surface area contributed by atoms with Gasteiger partial charge in [0.25, 0.3) is 0 Å². The van der Waals surface area contributed by atoms with Crippen LogP contribution in [0.1, 0.15) is 31.4 Å². The molecule has 1 aliphatic heterocycles. The topological polar surface area (TPSA) is 29.0 Å². The quantitative estimate of drug-likeness (QED) is 0.775. The number of aromatic nitrogens is 2. The molecule has 0 radical (unpaired) electrons. The Balaban J connectivity index is 2.04. The molecule has 1 aromatic heterocycles. The van der Waals surface area contributed by atoms with Crippen molar-refractivity contribution in [2.24, 2.45) is 0 Å². The van der Waals surface area contributed by atoms with E-state index in [9.17, 15) is 0 Å². The summed E-state index contributed by atoms with van der Waals surface area (Å²) in [5, 5.41) is 1.00. The molecule has 20 heavy (non-hydrogen) atoms. The van der Waals surface area contributed by atoms with Gasteiger partial charge >= 0.3 is 0 Å². The highest BCUT2D eigenvalue weighted by molar-refractivity contribution is 9.09. The molecule has 1 unspecified atom stereocenters. The predicted octanol–water partition coefficient (Wildman–Crippen LogP) is 4.08. The van der Waals surface area contributed by atoms with E-state index in [0.717, 1.165) is 34.4 Å². The van der Waals surface area contributed by atoms with Crippen LogP contribution >= 0.6 is 15.9 Å². The molecule has 0 N–H and O–H groups in total. The summed E-state index contributed by atoms with van der Waals surface area (Å²) in [5.74, 6) is 1.06. The van der Waals surface area contributed by atoms with E-state index in [1.807, 2.05) is 24.3 Å². The Labute approximate surface area is 128 Å². The van der Waals surface area contributed by atoms with Crippen molar-refractivity contribution in [3.63, 3.8) is 0 Å². The molecular formula is C16H20BrN3. The number of aryl methyl sites for hydroxylation is 1. The summed E-state index contributed by atoms with van der Waals surface area (Å²) in [4.78, 5) is 12.1. The number of hydrogen-bond donors (Lipinski definition) is 0. The molecule has 1 fully saturated rings. The van der Waals surface area contributed by atoms with E-state index < -0.39 is 0 Å². The van der Waals surface area contributed by atoms with Gasteiger partial charge in [0.15, 0.2) is 5.82 Å². The second-order valence-electron chi connectivity index (χ2n) is 5.47. The van der Waals surface area contributed by atoms with Gasteiger partial charge in [0.05, 0.1) is 16.7 Å². The van der Waals surface area contributed by atoms with Crippen LogP contribution < -0.4 is 4.90 Å². The minimum absolute atomic E-state index is 0.534. The van der Waals surface area contributed by atoms with E-state index in [0.29, 0.717) is 6.04 Å². The summed E-state index contributed by atoms with van der Waals surface area (Å²) in [6, 6.07) is 8.66. The first-order valence-corrected chi connectivity index (χ1v) is 8.48. The number of hydrogen-bond acceptors (Lipinski definition) is 3. The highest BCUT2D eigenvalue weighted by Crippen LogP contribution is 2.27. The van der Waals surface area contributed by atoms with Gasteiger partial charge in [-0.3, -0.25) is 0 Å². The Hall–Kier alpha value is -1.16. The van der Waals surface area contributed by atoms with E-state index in [1.54, 1.807) is 0 Å². The molecule has 2 aromatic rings. The van der Waals surface area contributed by atoms with Crippen molar-refractivity contribution in [3.8, 4) is 0 Å². The molecule has 0 saturated carbocycles. The Morgan fingerprint density at radius 1 is 1.15 bits per heavy atom. The summed E-state index contributed by atoms with van der Waals surface area (Å²) in [7, 11) is 0. The Morgan fingerprint density at radius 2 is 1.90 bits per heavy atom. The smallest absolute Gasteiger partial charge is 0.151 e. The van der Waals surface area contributed by atoms with E-state index in [-0.39, 0.29) is 0 Å². The number of alkyl halides is 1. The molecule has 106 valence electrons. The van der Waals surface area contributed by atoms with Gasteiger partial charge < -0.3 is 4.90 Å². The lowest BCUT2D eigenvalue weighted by molar-refractivity contribution is 0.620. The number of para-hydroxylation sites is 2. The molecule has 0 aliphatic carbocycles. The van der Waals surface area contributed by atoms with Gasteiger partial charge in [-0.05, 0) is 31.9 Å². The number of anilines is 1. The van der Waals surface area contributed by atoms with Crippen LogP contribution in [-0.2, 0) is 0 Å². The van der Waals surface area contributed by atoms with Crippen LogP contribution in [-0.4, -0.2) is 27.9 Å². The molecule has 3 nitrogen and oxygen atoms in total. The maximum absolute atomic E-state index is 4.88. The first-order chi connectivity index (χ1) is 9.79. The zero-order valence-electron chi connectivity index (χ0n) is 11.8. The van der Waals surface area contributed by atoms with Gasteiger partial charge in [-0.25, -0.2) is 9.97 Å². The monoisotopic (exact) mass is 333 g/mol. The van der Waals surface area contributed by atoms with Crippen molar-refractivity contribution in [1.82, 2.24) is 9.97 Å². The van der Waals surface area contributed by atoms with Gasteiger partial charge in [-0.15, -0.1) is 0 Å². The average molecular weight is 334 g/mol. The summed E-state index contributed by atoms with van der Waals surface area (Å²) >= 11 is 3.67. The first kappa shape index (κ1) is 13.8. The molecule has 2 heterocycles. The maximum atomic E-state index is 4.88. The van der Waals surface area contributed by atoms with E-state index in [1.165, 1.54) is 25.7 Å². The molecule has 1 saturated heterocycles. The molecule has 0 bridgehead atoms. The Morgan fingerprint density at radius 3 is 2.65 bits per heavy atom. The van der Waals surface area contributed by atoms with Gasteiger partial charge in [0.1, 0.15) is 0 Å². The number of benzene rings is 1. The van der Waals surface area contributed by atoms with Crippen LogP contribution in [0, 0.1) is 6.92 Å². The normalized spacial score (nSPS) is 20.1. The highest BCUT2D eigenvalue weighted by atomic mass is 79.9. The van der Waals surface area contributed by atoms with Crippen LogP contribution in [0.2, 0.25) is 0 Å². The standard InChI is InChI=1S/C16H20BrN3/c1-12-16(19-15-9-5-4-8-14(15)18-12)20-10-6-2-3-7-13(20)11-17/h4-5,8-9,13H,2-3,6-7,10-11H2,1H3. The second kappa shape index (κ2) is 6.08. The highest BCUT2D eigenvalue weighted by Gasteiger charge is 2.23. The van der Waals surface area contributed by atoms with Crippen molar-refractivity contribution >= 4 is 32.8 Å². The van der Waals surface area contributed by atoms with Crippen LogP contribution in [0.15, 0.2) is 24.3 Å². The summed E-state index contributed by atoms with van der Waals surface area (Å²) in [6.07, 6.45) is 5.11. The lowest BCUT2D eigenvalue weighted by atomic mass is 10.1. The van der Waals surface area contributed by atoms with Gasteiger partial charge in [0.2, 0.25) is 0 Å². The molecule has 1 aromatic carbocycles. The van der Waals surface area contributed by atoms with Crippen molar-refractivity contribution in [3.05, 3.63) is 30.0 Å². The third kappa shape index (κ3) is 2.66. The SMILES string of the molecule is Cc1nc2ccccc2nc1N1CCCCCC1CBr. The van der Waals surface area contributed by atoms with Crippen LogP contribution in [0.3, 0.4) is 0 Å². The van der Waals surface area contributed by atoms with E-state index in [2.05, 4.69) is 27.8 Å². The molecule has 3 rings (SSSR count). The number of nitrogens with zero attached hydrogens (tertiary/aromatic N) is 3. The van der Waals surface area contributed by atoms with Crippen LogP contribution in [0.4, 0.5) is 5.82 Å². The molecule has 0 amide bonds. The van der Waals surface area contributed by atoms with Gasteiger partial charge in [-0.1, -0.05) is 40.9 Å². The predicted molar refractivity (Wildman–Crippen MR) is 87.7 cm³/mol. The number of fused-ring (bicyclic) bond motifs is 1. The van der Waals surface area contributed by atoms with Crippen molar-refractivity contribution in [2.45, 2.75) is 38.6 Å². The van der Waals surface area contributed by atoms with E-state index in [4.69, 9.17) is 9.97 Å². The zero-order valence-corrected chi connectivity index (χ0v) is 13.4. The van der Waals surface area contributed by atoms with Gasteiger partial charge in [-0.2, -0.15) is 0 Å². The lowest BCUT2D eigenvalue weighted by Crippen LogP contribution is -2.37. The van der Waals surface area contributed by atoms with Crippen molar-refractivity contribution in [2.75, 3.05) is 16.8 Å². The van der Waals surface area contributed by atoms with Crippen molar-refractivity contribution in [1.29, 1.82) is 0 Å². The van der Waals surface area contributed by atoms with Crippen molar-refractivity contribution < 1.29 is 0 Å². The van der Waals surface area contributed by atoms with Gasteiger partial charge in [0, 0.05) is 17.9 Å². The first-order valence-electron chi connectivity index (χ1n) is 7.35. The van der Waals surface area contributed by atoms with Crippen LogP contribution in [0.5, 0.6) is 0 Å². The minimum atomic E-state index is 0.534. The fourth-order valence-corrected chi connectivity index (χ4v) is 3.64. The molecule has 1 aliphatic rings. The third-order valence-corrected chi connectivity index (χ3v) is 4.79.